The van der Waals surface area contributed by atoms with E-state index in [9.17, 15) is 14.7 Å². The summed E-state index contributed by atoms with van der Waals surface area (Å²) in [7, 11) is 0. The Labute approximate surface area is 143 Å². The van der Waals surface area contributed by atoms with Gasteiger partial charge < -0.3 is 16.2 Å². The van der Waals surface area contributed by atoms with E-state index in [1.165, 1.54) is 0 Å². The van der Waals surface area contributed by atoms with Gasteiger partial charge in [0.15, 0.2) is 0 Å². The summed E-state index contributed by atoms with van der Waals surface area (Å²) in [5, 5.41) is 19.8. The number of nitrogens with two attached hydrogens (primary N) is 1. The minimum atomic E-state index is -0.441. The molecule has 25 heavy (non-hydrogen) atoms. The molecule has 1 aliphatic carbocycles. The van der Waals surface area contributed by atoms with Gasteiger partial charge in [-0.15, -0.1) is 10.2 Å². The molecule has 1 aliphatic rings. The van der Waals surface area contributed by atoms with Crippen LogP contribution in [-0.4, -0.2) is 37.3 Å². The molecule has 1 amide bonds. The highest BCUT2D eigenvalue weighted by Crippen LogP contribution is 2.37. The van der Waals surface area contributed by atoms with Gasteiger partial charge in [0.1, 0.15) is 5.69 Å². The highest BCUT2D eigenvalue weighted by Gasteiger charge is 2.36. The van der Waals surface area contributed by atoms with Gasteiger partial charge in [0, 0.05) is 19.0 Å². The van der Waals surface area contributed by atoms with Crippen LogP contribution in [0.2, 0.25) is 0 Å². The minimum absolute atomic E-state index is 0.0584. The molecule has 1 fully saturated rings. The van der Waals surface area contributed by atoms with Crippen molar-refractivity contribution in [3.8, 4) is 0 Å². The molecule has 1 atom stereocenters. The van der Waals surface area contributed by atoms with Gasteiger partial charge in [-0.3, -0.25) is 19.6 Å². The van der Waals surface area contributed by atoms with Gasteiger partial charge in [-0.25, -0.2) is 0 Å². The molecule has 0 radical (unpaired) electrons. The maximum atomic E-state index is 12.3. The number of aliphatic hydroxyl groups excluding tert-OH is 1. The molecule has 0 aromatic carbocycles. The van der Waals surface area contributed by atoms with Crippen molar-refractivity contribution in [1.82, 2.24) is 25.5 Å². The normalized spacial score (nSPS) is 20.5. The molecule has 9 heteroatoms. The van der Waals surface area contributed by atoms with Crippen molar-refractivity contribution < 1.29 is 9.90 Å². The fourth-order valence-electron chi connectivity index (χ4n) is 2.91. The number of aromatic amines is 1. The Hall–Kier alpha value is -2.81. The van der Waals surface area contributed by atoms with Crippen molar-refractivity contribution in [1.29, 1.82) is 0 Å². The smallest absolute Gasteiger partial charge is 0.274 e. The van der Waals surface area contributed by atoms with Crippen LogP contribution < -0.4 is 16.6 Å². The summed E-state index contributed by atoms with van der Waals surface area (Å²) in [4.78, 5) is 30.7. The number of aromatic nitrogens is 4. The zero-order valence-electron chi connectivity index (χ0n) is 13.6. The standard InChI is InChI=1S/C16H20N6O3/c17-16-20-15(25)12(21-22-16)4-5-13(24)19-14(9-7-10(23)8-9)11-3-1-2-6-18-11/h1-3,6,9-10,14,23H,4-5,7-8H2,(H,19,24)(H3,17,20,22,25)/t9?,10?,14-/m0/s1. The molecule has 2 aromatic heterocycles. The van der Waals surface area contributed by atoms with Gasteiger partial charge in [0.25, 0.3) is 5.56 Å². The predicted octanol–water partition coefficient (Wildman–Crippen LogP) is -0.297. The molecule has 0 unspecified atom stereocenters. The van der Waals surface area contributed by atoms with E-state index in [-0.39, 0.29) is 48.5 Å². The SMILES string of the molecule is Nc1nnc(CCC(=O)N[C@H](c2ccccn2)C2CC(O)C2)c(=O)[nH]1. The highest BCUT2D eigenvalue weighted by molar-refractivity contribution is 5.76. The lowest BCUT2D eigenvalue weighted by molar-refractivity contribution is -0.123. The van der Waals surface area contributed by atoms with Crippen LogP contribution in [0.1, 0.15) is 36.7 Å². The van der Waals surface area contributed by atoms with E-state index in [0.29, 0.717) is 12.8 Å². The van der Waals surface area contributed by atoms with E-state index >= 15 is 0 Å². The number of hydrogen-bond acceptors (Lipinski definition) is 7. The monoisotopic (exact) mass is 344 g/mol. The summed E-state index contributed by atoms with van der Waals surface area (Å²) >= 11 is 0. The van der Waals surface area contributed by atoms with E-state index in [2.05, 4.69) is 25.5 Å². The molecule has 0 spiro atoms. The zero-order chi connectivity index (χ0) is 17.8. The van der Waals surface area contributed by atoms with Gasteiger partial charge in [-0.05, 0) is 30.9 Å². The fourth-order valence-corrected chi connectivity index (χ4v) is 2.91. The first kappa shape index (κ1) is 17.0. The molecule has 2 heterocycles. The molecule has 3 rings (SSSR count). The predicted molar refractivity (Wildman–Crippen MR) is 89.2 cm³/mol. The summed E-state index contributed by atoms with van der Waals surface area (Å²) in [6.07, 6.45) is 2.87. The Morgan fingerprint density at radius 3 is 2.84 bits per heavy atom. The Balaban J connectivity index is 1.63. The van der Waals surface area contributed by atoms with Gasteiger partial charge in [0.2, 0.25) is 11.9 Å². The molecule has 2 aromatic rings. The third kappa shape index (κ3) is 4.18. The van der Waals surface area contributed by atoms with Gasteiger partial charge in [-0.1, -0.05) is 6.07 Å². The quantitative estimate of drug-likeness (QED) is 0.562. The van der Waals surface area contributed by atoms with E-state index in [0.717, 1.165) is 5.69 Å². The van der Waals surface area contributed by atoms with Crippen LogP contribution in [0.15, 0.2) is 29.2 Å². The van der Waals surface area contributed by atoms with Crippen LogP contribution in [0.4, 0.5) is 5.95 Å². The second-order valence-electron chi connectivity index (χ2n) is 6.17. The number of aryl methyl sites for hydroxylation is 1. The maximum Gasteiger partial charge on any atom is 0.274 e. The third-order valence-corrected chi connectivity index (χ3v) is 4.31. The molecule has 0 saturated heterocycles. The number of pyridine rings is 1. The summed E-state index contributed by atoms with van der Waals surface area (Å²) in [6.45, 7) is 0. The topological polar surface area (TPSA) is 147 Å². The lowest BCUT2D eigenvalue weighted by atomic mass is 9.76. The van der Waals surface area contributed by atoms with Crippen molar-refractivity contribution in [2.24, 2.45) is 5.92 Å². The zero-order valence-corrected chi connectivity index (χ0v) is 13.6. The number of carbonyl (C=O) groups excluding carboxylic acids is 1. The van der Waals surface area contributed by atoms with E-state index < -0.39 is 5.56 Å². The van der Waals surface area contributed by atoms with Crippen molar-refractivity contribution in [2.75, 3.05) is 5.73 Å². The van der Waals surface area contributed by atoms with Crippen LogP contribution in [0.25, 0.3) is 0 Å². The third-order valence-electron chi connectivity index (χ3n) is 4.31. The number of aliphatic hydroxyl groups is 1. The summed E-state index contributed by atoms with van der Waals surface area (Å²) in [5.41, 5.74) is 5.83. The molecule has 0 aliphatic heterocycles. The first-order valence-corrected chi connectivity index (χ1v) is 8.12. The number of carbonyl (C=O) groups is 1. The van der Waals surface area contributed by atoms with E-state index in [1.807, 2.05) is 18.2 Å². The van der Waals surface area contributed by atoms with E-state index in [1.54, 1.807) is 6.20 Å². The van der Waals surface area contributed by atoms with Crippen LogP contribution in [0.3, 0.4) is 0 Å². The summed E-state index contributed by atoms with van der Waals surface area (Å²) in [6, 6.07) is 5.27. The lowest BCUT2D eigenvalue weighted by Crippen LogP contribution is -2.42. The molecule has 132 valence electrons. The second kappa shape index (κ2) is 7.39. The van der Waals surface area contributed by atoms with Crippen LogP contribution >= 0.6 is 0 Å². The molecule has 0 bridgehead atoms. The number of anilines is 1. The number of rotatable bonds is 6. The maximum absolute atomic E-state index is 12.3. The Bertz CT molecular complexity index is 788. The van der Waals surface area contributed by atoms with Crippen LogP contribution in [0, 0.1) is 5.92 Å². The Morgan fingerprint density at radius 1 is 1.40 bits per heavy atom. The fraction of sp³-hybridized carbons (Fsp3) is 0.438. The van der Waals surface area contributed by atoms with Crippen molar-refractivity contribution in [3.63, 3.8) is 0 Å². The number of nitrogens with one attached hydrogen (secondary N) is 2. The van der Waals surface area contributed by atoms with Gasteiger partial charge in [-0.2, -0.15) is 0 Å². The van der Waals surface area contributed by atoms with E-state index in [4.69, 9.17) is 5.73 Å². The average molecular weight is 344 g/mol. The lowest BCUT2D eigenvalue weighted by Gasteiger charge is -2.37. The summed E-state index contributed by atoms with van der Waals surface area (Å²) in [5.74, 6) is -0.124. The van der Waals surface area contributed by atoms with Crippen molar-refractivity contribution in [2.45, 2.75) is 37.8 Å². The Morgan fingerprint density at radius 2 is 2.20 bits per heavy atom. The second-order valence-corrected chi connectivity index (χ2v) is 6.17. The number of nitrogen functional groups attached to an aromatic ring is 1. The average Bonchev–Trinajstić information content (AvgIpc) is 2.57. The van der Waals surface area contributed by atoms with Gasteiger partial charge >= 0.3 is 0 Å². The summed E-state index contributed by atoms with van der Waals surface area (Å²) < 4.78 is 0. The highest BCUT2D eigenvalue weighted by atomic mass is 16.3. The Kier molecular flexibility index (Phi) is 5.03. The number of amides is 1. The first-order valence-electron chi connectivity index (χ1n) is 8.12. The number of hydrogen-bond donors (Lipinski definition) is 4. The van der Waals surface area contributed by atoms with Crippen LogP contribution in [0.5, 0.6) is 0 Å². The molecule has 1 saturated carbocycles. The molecular formula is C16H20N6O3. The number of nitrogens with zero attached hydrogens (tertiary/aromatic N) is 3. The number of H-pyrrole nitrogens is 1. The first-order chi connectivity index (χ1) is 12.0. The van der Waals surface area contributed by atoms with Crippen molar-refractivity contribution >= 4 is 11.9 Å². The van der Waals surface area contributed by atoms with Crippen molar-refractivity contribution in [3.05, 3.63) is 46.1 Å². The largest absolute Gasteiger partial charge is 0.393 e. The molecule has 5 N–H and O–H groups in total. The molecule has 9 nitrogen and oxygen atoms in total. The minimum Gasteiger partial charge on any atom is -0.393 e. The molecular weight excluding hydrogens is 324 g/mol. The van der Waals surface area contributed by atoms with Gasteiger partial charge in [0.05, 0.1) is 17.8 Å². The van der Waals surface area contributed by atoms with Crippen LogP contribution in [-0.2, 0) is 11.2 Å².